The summed E-state index contributed by atoms with van der Waals surface area (Å²) in [5, 5.41) is 11.5. The summed E-state index contributed by atoms with van der Waals surface area (Å²) in [5.41, 5.74) is 1.85. The topological polar surface area (TPSA) is 77.1 Å². The predicted molar refractivity (Wildman–Crippen MR) is 100 cm³/mol. The maximum absolute atomic E-state index is 12.9. The van der Waals surface area contributed by atoms with Crippen LogP contribution < -0.4 is 5.32 Å². The number of hydrogen-bond acceptors (Lipinski definition) is 4. The third-order valence-corrected chi connectivity index (χ3v) is 5.11. The smallest absolute Gasteiger partial charge is 0.344 e. The number of carbonyl (C=O) groups excluding carboxylic acids is 1. The summed E-state index contributed by atoms with van der Waals surface area (Å²) in [6.07, 6.45) is 0.619. The molecule has 0 aromatic carbocycles. The maximum Gasteiger partial charge on any atom is 0.433 e. The van der Waals surface area contributed by atoms with Gasteiger partial charge < -0.3 is 5.32 Å². The Labute approximate surface area is 168 Å². The van der Waals surface area contributed by atoms with Crippen LogP contribution in [0.15, 0.2) is 55.0 Å². The van der Waals surface area contributed by atoms with Gasteiger partial charge in [0.05, 0.1) is 22.9 Å². The van der Waals surface area contributed by atoms with Gasteiger partial charge in [-0.1, -0.05) is 0 Å². The van der Waals surface area contributed by atoms with Crippen molar-refractivity contribution in [1.82, 2.24) is 29.7 Å². The highest BCUT2D eigenvalue weighted by atomic mass is 19.4. The Hall–Kier alpha value is -3.69. The van der Waals surface area contributed by atoms with E-state index in [1.807, 2.05) is 0 Å². The van der Waals surface area contributed by atoms with Gasteiger partial charge in [-0.05, 0) is 42.8 Å². The van der Waals surface area contributed by atoms with Gasteiger partial charge in [0.2, 0.25) is 0 Å². The third kappa shape index (κ3) is 3.19. The highest BCUT2D eigenvalue weighted by molar-refractivity contribution is 5.95. The number of aryl methyl sites for hydroxylation is 1. The van der Waals surface area contributed by atoms with E-state index in [2.05, 4.69) is 20.5 Å². The zero-order valence-electron chi connectivity index (χ0n) is 15.5. The summed E-state index contributed by atoms with van der Waals surface area (Å²) in [7, 11) is 0. The molecule has 4 aromatic heterocycles. The molecular weight excluding hydrogens is 397 g/mol. The molecule has 1 amide bonds. The maximum atomic E-state index is 12.9. The van der Waals surface area contributed by atoms with E-state index in [1.165, 1.54) is 6.07 Å². The number of aromatic nitrogens is 5. The molecule has 0 spiro atoms. The summed E-state index contributed by atoms with van der Waals surface area (Å²) in [4.78, 5) is 16.1. The van der Waals surface area contributed by atoms with Crippen molar-refractivity contribution in [1.29, 1.82) is 0 Å². The van der Waals surface area contributed by atoms with E-state index in [9.17, 15) is 18.0 Å². The molecule has 30 heavy (non-hydrogen) atoms. The normalized spacial score (nSPS) is 16.0. The van der Waals surface area contributed by atoms with Gasteiger partial charge in [0.1, 0.15) is 5.69 Å². The molecular formula is C20H15F3N6O. The minimum absolute atomic E-state index is 0.233. The molecule has 152 valence electrons. The molecule has 1 aliphatic rings. The van der Waals surface area contributed by atoms with Gasteiger partial charge in [-0.25, -0.2) is 4.52 Å². The standard InChI is InChI=1S/C20H15F3N6O/c21-20(22,23)18-10-12(1-5-24-18)16-11-17-15(4-8-29(17)27-16)26-19(30)13-3-7-28-14(9-13)2-6-25-28/h1-3,5-7,9-11,15H,4,8H2,(H,26,30). The van der Waals surface area contributed by atoms with Crippen molar-refractivity contribution in [2.24, 2.45) is 0 Å². The lowest BCUT2D eigenvalue weighted by molar-refractivity contribution is -0.141. The van der Waals surface area contributed by atoms with Crippen LogP contribution in [0.2, 0.25) is 0 Å². The average molecular weight is 412 g/mol. The van der Waals surface area contributed by atoms with Gasteiger partial charge >= 0.3 is 6.18 Å². The molecule has 4 aromatic rings. The van der Waals surface area contributed by atoms with Crippen molar-refractivity contribution in [3.05, 3.63) is 71.9 Å². The van der Waals surface area contributed by atoms with Crippen LogP contribution in [0.5, 0.6) is 0 Å². The van der Waals surface area contributed by atoms with Crippen molar-refractivity contribution < 1.29 is 18.0 Å². The van der Waals surface area contributed by atoms with Crippen molar-refractivity contribution in [2.75, 3.05) is 0 Å². The van der Waals surface area contributed by atoms with Gasteiger partial charge in [0.15, 0.2) is 0 Å². The Kier molecular flexibility index (Phi) is 4.09. The fraction of sp³-hybridized carbons (Fsp3) is 0.200. The van der Waals surface area contributed by atoms with E-state index in [4.69, 9.17) is 0 Å². The van der Waals surface area contributed by atoms with Crippen molar-refractivity contribution in [3.8, 4) is 11.3 Å². The summed E-state index contributed by atoms with van der Waals surface area (Å²) in [5.74, 6) is -0.233. The molecule has 1 atom stereocenters. The van der Waals surface area contributed by atoms with E-state index in [0.717, 1.165) is 23.5 Å². The number of amides is 1. The number of fused-ring (bicyclic) bond motifs is 2. The fourth-order valence-corrected chi connectivity index (χ4v) is 3.63. The predicted octanol–water partition coefficient (Wildman–Crippen LogP) is 3.49. The number of nitrogens with zero attached hydrogens (tertiary/aromatic N) is 5. The quantitative estimate of drug-likeness (QED) is 0.559. The van der Waals surface area contributed by atoms with Gasteiger partial charge in [0, 0.05) is 36.3 Å². The number of pyridine rings is 2. The summed E-state index contributed by atoms with van der Waals surface area (Å²) >= 11 is 0. The Bertz CT molecular complexity index is 1260. The first kappa shape index (κ1) is 18.3. The second-order valence-corrected chi connectivity index (χ2v) is 7.04. The third-order valence-electron chi connectivity index (χ3n) is 5.11. The van der Waals surface area contributed by atoms with Crippen LogP contribution in [-0.2, 0) is 12.7 Å². The van der Waals surface area contributed by atoms with Gasteiger partial charge in [-0.2, -0.15) is 23.4 Å². The molecule has 5 heterocycles. The van der Waals surface area contributed by atoms with Crippen LogP contribution in [0.1, 0.15) is 34.2 Å². The molecule has 1 unspecified atom stereocenters. The number of hydrogen-bond donors (Lipinski definition) is 1. The lowest BCUT2D eigenvalue weighted by Gasteiger charge is -2.12. The Morgan fingerprint density at radius 1 is 1.13 bits per heavy atom. The second kappa shape index (κ2) is 6.68. The van der Waals surface area contributed by atoms with Crippen molar-refractivity contribution >= 4 is 11.4 Å². The van der Waals surface area contributed by atoms with E-state index in [-0.39, 0.29) is 11.9 Å². The van der Waals surface area contributed by atoms with Crippen LogP contribution in [0.25, 0.3) is 16.8 Å². The van der Waals surface area contributed by atoms with Gasteiger partial charge in [-0.3, -0.25) is 14.5 Å². The molecule has 0 saturated carbocycles. The minimum atomic E-state index is -4.52. The minimum Gasteiger partial charge on any atom is -0.344 e. The molecule has 0 radical (unpaired) electrons. The lowest BCUT2D eigenvalue weighted by Crippen LogP contribution is -2.27. The number of carbonyl (C=O) groups is 1. The molecule has 0 saturated heterocycles. The number of alkyl halides is 3. The Balaban J connectivity index is 1.38. The first-order chi connectivity index (χ1) is 14.4. The molecule has 0 bridgehead atoms. The molecule has 0 fully saturated rings. The lowest BCUT2D eigenvalue weighted by atomic mass is 10.1. The fourth-order valence-electron chi connectivity index (χ4n) is 3.63. The van der Waals surface area contributed by atoms with Gasteiger partial charge in [0.25, 0.3) is 5.91 Å². The van der Waals surface area contributed by atoms with E-state index < -0.39 is 11.9 Å². The van der Waals surface area contributed by atoms with Crippen LogP contribution in [0.3, 0.4) is 0 Å². The molecule has 0 aliphatic carbocycles. The zero-order valence-corrected chi connectivity index (χ0v) is 15.5. The summed E-state index contributed by atoms with van der Waals surface area (Å²) in [6, 6.07) is 9.14. The zero-order chi connectivity index (χ0) is 20.9. The molecule has 1 N–H and O–H groups in total. The number of halogens is 3. The Morgan fingerprint density at radius 3 is 2.83 bits per heavy atom. The monoisotopic (exact) mass is 412 g/mol. The largest absolute Gasteiger partial charge is 0.433 e. The van der Waals surface area contributed by atoms with Crippen LogP contribution in [0.4, 0.5) is 13.2 Å². The Morgan fingerprint density at radius 2 is 2.00 bits per heavy atom. The number of nitrogens with one attached hydrogen (secondary N) is 1. The number of rotatable bonds is 3. The van der Waals surface area contributed by atoms with E-state index in [1.54, 1.807) is 45.9 Å². The molecule has 5 rings (SSSR count). The SMILES string of the molecule is O=C(NC1CCn2nc(-c3ccnc(C(F)(F)F)c3)cc21)c1ccn2nccc2c1. The first-order valence-corrected chi connectivity index (χ1v) is 9.24. The first-order valence-electron chi connectivity index (χ1n) is 9.24. The molecule has 10 heteroatoms. The molecule has 7 nitrogen and oxygen atoms in total. The summed E-state index contributed by atoms with van der Waals surface area (Å²) < 4.78 is 42.2. The highest BCUT2D eigenvalue weighted by Gasteiger charge is 2.33. The molecule has 1 aliphatic heterocycles. The van der Waals surface area contributed by atoms with Crippen LogP contribution in [-0.4, -0.2) is 30.3 Å². The van der Waals surface area contributed by atoms with E-state index >= 15 is 0 Å². The van der Waals surface area contributed by atoms with Crippen LogP contribution >= 0.6 is 0 Å². The van der Waals surface area contributed by atoms with E-state index in [0.29, 0.717) is 29.8 Å². The van der Waals surface area contributed by atoms with Crippen molar-refractivity contribution in [3.63, 3.8) is 0 Å². The average Bonchev–Trinajstić information content (AvgIpc) is 3.43. The van der Waals surface area contributed by atoms with Crippen LogP contribution in [0, 0.1) is 0 Å². The second-order valence-electron chi connectivity index (χ2n) is 7.04. The summed E-state index contributed by atoms with van der Waals surface area (Å²) in [6.45, 7) is 0.569. The van der Waals surface area contributed by atoms with Crippen molar-refractivity contribution in [2.45, 2.75) is 25.2 Å². The van der Waals surface area contributed by atoms with Gasteiger partial charge in [-0.15, -0.1) is 0 Å². The highest BCUT2D eigenvalue weighted by Crippen LogP contribution is 2.33.